The van der Waals surface area contributed by atoms with Crippen molar-refractivity contribution in [1.82, 2.24) is 4.98 Å². The zero-order chi connectivity index (χ0) is 11.7. The Hall–Kier alpha value is -0.570. The predicted octanol–water partition coefficient (Wildman–Crippen LogP) is 3.75. The van der Waals surface area contributed by atoms with Gasteiger partial charge >= 0.3 is 0 Å². The average molecular weight is 295 g/mol. The standard InChI is InChI=1S/C14H19BrN2/c15-10-12-5-2-8-16-14(12)17-9-3-6-11-4-1-7-13(11)17/h2,5,8,11,13H,1,3-4,6-7,9-10H2. The number of nitrogens with zero attached hydrogens (tertiary/aromatic N) is 2. The topological polar surface area (TPSA) is 16.1 Å². The first-order valence-corrected chi connectivity index (χ1v) is 7.79. The number of anilines is 1. The number of piperidine rings is 1. The van der Waals surface area contributed by atoms with E-state index in [1.807, 2.05) is 12.3 Å². The second-order valence-corrected chi connectivity index (χ2v) is 5.77. The number of alkyl halides is 1. The van der Waals surface area contributed by atoms with Crippen LogP contribution in [-0.2, 0) is 5.33 Å². The smallest absolute Gasteiger partial charge is 0.132 e. The van der Waals surface area contributed by atoms with Crippen LogP contribution in [0.25, 0.3) is 0 Å². The maximum atomic E-state index is 4.63. The highest BCUT2D eigenvalue weighted by Gasteiger charge is 2.36. The lowest BCUT2D eigenvalue weighted by Crippen LogP contribution is -2.43. The lowest BCUT2D eigenvalue weighted by atomic mass is 9.92. The molecular formula is C14H19BrN2. The minimum Gasteiger partial charge on any atom is -0.353 e. The molecule has 2 aliphatic rings. The van der Waals surface area contributed by atoms with Crippen molar-refractivity contribution in [3.05, 3.63) is 23.9 Å². The molecule has 0 N–H and O–H groups in total. The molecule has 1 aromatic rings. The maximum absolute atomic E-state index is 4.63. The summed E-state index contributed by atoms with van der Waals surface area (Å²) >= 11 is 3.58. The van der Waals surface area contributed by atoms with Gasteiger partial charge in [0.2, 0.25) is 0 Å². The average Bonchev–Trinajstić information content (AvgIpc) is 2.86. The van der Waals surface area contributed by atoms with Crippen LogP contribution < -0.4 is 4.90 Å². The summed E-state index contributed by atoms with van der Waals surface area (Å²) in [6, 6.07) is 4.99. The molecule has 2 fully saturated rings. The van der Waals surface area contributed by atoms with Crippen LogP contribution in [0, 0.1) is 5.92 Å². The number of pyridine rings is 1. The Balaban J connectivity index is 1.91. The van der Waals surface area contributed by atoms with E-state index in [9.17, 15) is 0 Å². The van der Waals surface area contributed by atoms with Gasteiger partial charge in [-0.3, -0.25) is 0 Å². The second-order valence-electron chi connectivity index (χ2n) is 5.21. The van der Waals surface area contributed by atoms with Gasteiger partial charge in [-0.15, -0.1) is 0 Å². The first-order valence-electron chi connectivity index (χ1n) is 6.66. The summed E-state index contributed by atoms with van der Waals surface area (Å²) in [5, 5.41) is 0.907. The highest BCUT2D eigenvalue weighted by atomic mass is 79.9. The molecule has 1 aromatic heterocycles. The third-order valence-corrected chi connectivity index (χ3v) is 4.88. The molecule has 0 aromatic carbocycles. The highest BCUT2D eigenvalue weighted by molar-refractivity contribution is 9.08. The molecule has 1 saturated carbocycles. The van der Waals surface area contributed by atoms with Crippen molar-refractivity contribution >= 4 is 21.7 Å². The maximum Gasteiger partial charge on any atom is 0.132 e. The normalized spacial score (nSPS) is 28.2. The van der Waals surface area contributed by atoms with Crippen molar-refractivity contribution in [3.8, 4) is 0 Å². The van der Waals surface area contributed by atoms with Crippen molar-refractivity contribution in [2.24, 2.45) is 5.92 Å². The molecule has 3 rings (SSSR count). The van der Waals surface area contributed by atoms with Crippen LogP contribution in [0.3, 0.4) is 0 Å². The fourth-order valence-electron chi connectivity index (χ4n) is 3.51. The number of hydrogen-bond donors (Lipinski definition) is 0. The number of aromatic nitrogens is 1. The summed E-state index contributed by atoms with van der Waals surface area (Å²) in [6.07, 6.45) is 8.89. The van der Waals surface area contributed by atoms with E-state index in [2.05, 4.69) is 31.9 Å². The van der Waals surface area contributed by atoms with E-state index in [0.717, 1.165) is 17.3 Å². The lowest BCUT2D eigenvalue weighted by Gasteiger charge is -2.39. The van der Waals surface area contributed by atoms with E-state index in [1.165, 1.54) is 50.0 Å². The number of halogens is 1. The Morgan fingerprint density at radius 1 is 1.29 bits per heavy atom. The van der Waals surface area contributed by atoms with Gasteiger partial charge in [0.15, 0.2) is 0 Å². The Kier molecular flexibility index (Phi) is 3.37. The van der Waals surface area contributed by atoms with Gasteiger partial charge in [0.1, 0.15) is 5.82 Å². The molecule has 2 atom stereocenters. The molecule has 1 saturated heterocycles. The number of fused-ring (bicyclic) bond motifs is 1. The summed E-state index contributed by atoms with van der Waals surface area (Å²) < 4.78 is 0. The molecule has 2 heterocycles. The van der Waals surface area contributed by atoms with E-state index < -0.39 is 0 Å². The fraction of sp³-hybridized carbons (Fsp3) is 0.643. The summed E-state index contributed by atoms with van der Waals surface area (Å²) in [6.45, 7) is 1.19. The van der Waals surface area contributed by atoms with Gasteiger partial charge in [0.25, 0.3) is 0 Å². The Labute approximate surface area is 112 Å². The van der Waals surface area contributed by atoms with Gasteiger partial charge < -0.3 is 4.90 Å². The third-order valence-electron chi connectivity index (χ3n) is 4.28. The van der Waals surface area contributed by atoms with Crippen molar-refractivity contribution in [1.29, 1.82) is 0 Å². The van der Waals surface area contributed by atoms with Crippen LogP contribution in [0.2, 0.25) is 0 Å². The quantitative estimate of drug-likeness (QED) is 0.773. The molecule has 17 heavy (non-hydrogen) atoms. The number of rotatable bonds is 2. The van der Waals surface area contributed by atoms with Gasteiger partial charge in [0.05, 0.1) is 0 Å². The van der Waals surface area contributed by atoms with Gasteiger partial charge in [-0.05, 0) is 37.7 Å². The zero-order valence-corrected chi connectivity index (χ0v) is 11.7. The van der Waals surface area contributed by atoms with E-state index in [1.54, 1.807) is 0 Å². The summed E-state index contributed by atoms with van der Waals surface area (Å²) in [7, 11) is 0. The SMILES string of the molecule is BrCc1cccnc1N1CCCC2CCCC21. The van der Waals surface area contributed by atoms with E-state index in [-0.39, 0.29) is 0 Å². The second kappa shape index (κ2) is 4.97. The Bertz CT molecular complexity index is 394. The molecular weight excluding hydrogens is 276 g/mol. The fourth-order valence-corrected chi connectivity index (χ4v) is 3.95. The monoisotopic (exact) mass is 294 g/mol. The van der Waals surface area contributed by atoms with Crippen molar-refractivity contribution in [3.63, 3.8) is 0 Å². The molecule has 3 heteroatoms. The van der Waals surface area contributed by atoms with Crippen LogP contribution >= 0.6 is 15.9 Å². The minimum absolute atomic E-state index is 0.761. The third kappa shape index (κ3) is 2.10. The largest absolute Gasteiger partial charge is 0.353 e. The molecule has 2 unspecified atom stereocenters. The molecule has 0 bridgehead atoms. The molecule has 0 radical (unpaired) electrons. The van der Waals surface area contributed by atoms with Crippen molar-refractivity contribution < 1.29 is 0 Å². The van der Waals surface area contributed by atoms with E-state index in [4.69, 9.17) is 0 Å². The van der Waals surface area contributed by atoms with Gasteiger partial charge in [-0.25, -0.2) is 4.98 Å². The molecule has 0 spiro atoms. The van der Waals surface area contributed by atoms with Gasteiger partial charge in [-0.1, -0.05) is 28.4 Å². The van der Waals surface area contributed by atoms with Crippen molar-refractivity contribution in [2.45, 2.75) is 43.5 Å². The number of hydrogen-bond acceptors (Lipinski definition) is 2. The van der Waals surface area contributed by atoms with Crippen LogP contribution in [0.5, 0.6) is 0 Å². The lowest BCUT2D eigenvalue weighted by molar-refractivity contribution is 0.360. The van der Waals surface area contributed by atoms with Crippen LogP contribution in [-0.4, -0.2) is 17.6 Å². The summed E-state index contributed by atoms with van der Waals surface area (Å²) in [5.74, 6) is 2.15. The van der Waals surface area contributed by atoms with Crippen LogP contribution in [0.1, 0.15) is 37.7 Å². The van der Waals surface area contributed by atoms with Crippen LogP contribution in [0.4, 0.5) is 5.82 Å². The predicted molar refractivity (Wildman–Crippen MR) is 74.6 cm³/mol. The molecule has 1 aliphatic heterocycles. The minimum atomic E-state index is 0.761. The zero-order valence-electron chi connectivity index (χ0n) is 10.1. The molecule has 92 valence electrons. The summed E-state index contributed by atoms with van der Waals surface area (Å²) in [5.41, 5.74) is 1.33. The van der Waals surface area contributed by atoms with Crippen molar-refractivity contribution in [2.75, 3.05) is 11.4 Å². The first kappa shape index (κ1) is 11.5. The molecule has 1 aliphatic carbocycles. The Morgan fingerprint density at radius 2 is 2.18 bits per heavy atom. The van der Waals surface area contributed by atoms with Gasteiger partial charge in [-0.2, -0.15) is 0 Å². The molecule has 2 nitrogen and oxygen atoms in total. The van der Waals surface area contributed by atoms with Crippen LogP contribution in [0.15, 0.2) is 18.3 Å². The first-order chi connectivity index (χ1) is 8.40. The van der Waals surface area contributed by atoms with E-state index >= 15 is 0 Å². The summed E-state index contributed by atoms with van der Waals surface area (Å²) in [4.78, 5) is 7.21. The Morgan fingerprint density at radius 3 is 3.06 bits per heavy atom. The highest BCUT2D eigenvalue weighted by Crippen LogP contribution is 2.39. The molecule has 0 amide bonds. The van der Waals surface area contributed by atoms with E-state index in [0.29, 0.717) is 0 Å². The van der Waals surface area contributed by atoms with Gasteiger partial charge in [0, 0.05) is 29.7 Å².